The number of alkyl halides is 2. The zero-order valence-corrected chi connectivity index (χ0v) is 10.2. The Kier molecular flexibility index (Phi) is 4.28. The van der Waals surface area contributed by atoms with Gasteiger partial charge in [-0.15, -0.1) is 8.78 Å². The molecule has 2 N–H and O–H groups in total. The monoisotopic (exact) mass is 245 g/mol. The van der Waals surface area contributed by atoms with Crippen LogP contribution in [0.25, 0.3) is 0 Å². The van der Waals surface area contributed by atoms with E-state index in [1.165, 1.54) is 12.1 Å². The number of benzene rings is 1. The molecule has 0 bridgehead atoms. The maximum absolute atomic E-state index is 12.5. The second-order valence-corrected chi connectivity index (χ2v) is 4.38. The molecule has 0 aliphatic carbocycles. The maximum Gasteiger partial charge on any atom is 0.586 e. The molecule has 1 heterocycles. The van der Waals surface area contributed by atoms with Crippen LogP contribution in [0.15, 0.2) is 18.2 Å². The van der Waals surface area contributed by atoms with E-state index in [4.69, 9.17) is 5.73 Å². The van der Waals surface area contributed by atoms with E-state index in [1.807, 2.05) is 0 Å². The molecule has 5 heteroatoms. The lowest BCUT2D eigenvalue weighted by Gasteiger charge is -2.04. The van der Waals surface area contributed by atoms with E-state index in [2.05, 4.69) is 30.2 Å². The van der Waals surface area contributed by atoms with E-state index >= 15 is 0 Å². The Labute approximate surface area is 99.5 Å². The second kappa shape index (κ2) is 5.31. The molecule has 1 aromatic rings. The predicted molar refractivity (Wildman–Crippen MR) is 61.0 cm³/mol. The van der Waals surface area contributed by atoms with Gasteiger partial charge in [0, 0.05) is 6.54 Å². The van der Waals surface area contributed by atoms with Crippen molar-refractivity contribution in [2.75, 3.05) is 0 Å². The summed E-state index contributed by atoms with van der Waals surface area (Å²) >= 11 is 0. The minimum Gasteiger partial charge on any atom is -0.395 e. The number of hydrogen-bond donors (Lipinski definition) is 1. The summed E-state index contributed by atoms with van der Waals surface area (Å²) in [5.74, 6) is 0.912. The molecule has 0 fully saturated rings. The van der Waals surface area contributed by atoms with E-state index in [9.17, 15) is 8.78 Å². The molecule has 0 aromatic heterocycles. The SMILES string of the molecule is CC(C)C.NCc1ccc2c(c1)OC(F)(F)O2. The van der Waals surface area contributed by atoms with Crippen LogP contribution in [0.2, 0.25) is 0 Å². The summed E-state index contributed by atoms with van der Waals surface area (Å²) in [6.45, 7) is 6.78. The molecule has 1 aliphatic heterocycles. The predicted octanol–water partition coefficient (Wildman–Crippen LogP) is 3.13. The van der Waals surface area contributed by atoms with Crippen LogP contribution < -0.4 is 15.2 Å². The topological polar surface area (TPSA) is 44.5 Å². The lowest BCUT2D eigenvalue weighted by molar-refractivity contribution is -0.286. The number of rotatable bonds is 1. The van der Waals surface area contributed by atoms with Gasteiger partial charge in [0.15, 0.2) is 11.5 Å². The number of hydrogen-bond acceptors (Lipinski definition) is 3. The van der Waals surface area contributed by atoms with Crippen molar-refractivity contribution >= 4 is 0 Å². The van der Waals surface area contributed by atoms with Gasteiger partial charge in [-0.1, -0.05) is 26.8 Å². The molecule has 0 unspecified atom stereocenters. The average molecular weight is 245 g/mol. The van der Waals surface area contributed by atoms with Crippen LogP contribution in [0.1, 0.15) is 26.3 Å². The van der Waals surface area contributed by atoms with E-state index in [1.54, 1.807) is 6.07 Å². The summed E-state index contributed by atoms with van der Waals surface area (Å²) in [5.41, 5.74) is 6.05. The van der Waals surface area contributed by atoms with Crippen LogP contribution in [0, 0.1) is 5.92 Å². The van der Waals surface area contributed by atoms with Crippen molar-refractivity contribution < 1.29 is 18.3 Å². The molecule has 0 amide bonds. The first-order chi connectivity index (χ1) is 7.84. The maximum atomic E-state index is 12.5. The highest BCUT2D eigenvalue weighted by Gasteiger charge is 2.43. The van der Waals surface area contributed by atoms with Crippen molar-refractivity contribution in [1.29, 1.82) is 0 Å². The molecule has 1 aromatic carbocycles. The third kappa shape index (κ3) is 4.19. The standard InChI is InChI=1S/C8H7F2NO2.C4H10/c9-8(10)12-6-2-1-5(4-11)3-7(6)13-8;1-4(2)3/h1-3H,4,11H2;4H,1-3H3. The summed E-state index contributed by atoms with van der Waals surface area (Å²) in [7, 11) is 0. The molecule has 0 radical (unpaired) electrons. The minimum absolute atomic E-state index is 0.0351. The molecular formula is C12H17F2NO2. The van der Waals surface area contributed by atoms with Crippen molar-refractivity contribution in [3.05, 3.63) is 23.8 Å². The van der Waals surface area contributed by atoms with Gasteiger partial charge >= 0.3 is 6.29 Å². The number of nitrogens with two attached hydrogens (primary N) is 1. The molecule has 0 atom stereocenters. The zero-order chi connectivity index (χ0) is 13.1. The molecule has 1 aliphatic rings. The van der Waals surface area contributed by atoms with Crippen molar-refractivity contribution in [2.45, 2.75) is 33.6 Å². The quantitative estimate of drug-likeness (QED) is 0.826. The lowest BCUT2D eigenvalue weighted by Crippen LogP contribution is -2.25. The van der Waals surface area contributed by atoms with Gasteiger partial charge in [0.2, 0.25) is 0 Å². The smallest absolute Gasteiger partial charge is 0.395 e. The third-order valence-electron chi connectivity index (χ3n) is 1.70. The van der Waals surface area contributed by atoms with Crippen LogP contribution in [0.5, 0.6) is 11.5 Å². The van der Waals surface area contributed by atoms with Gasteiger partial charge in [-0.05, 0) is 23.6 Å². The van der Waals surface area contributed by atoms with Crippen molar-refractivity contribution in [1.82, 2.24) is 0 Å². The van der Waals surface area contributed by atoms with Gasteiger partial charge in [-0.25, -0.2) is 0 Å². The van der Waals surface area contributed by atoms with Gasteiger partial charge < -0.3 is 15.2 Å². The van der Waals surface area contributed by atoms with E-state index < -0.39 is 6.29 Å². The Morgan fingerprint density at radius 1 is 1.18 bits per heavy atom. The molecule has 17 heavy (non-hydrogen) atoms. The highest BCUT2D eigenvalue weighted by Crippen LogP contribution is 2.40. The van der Waals surface area contributed by atoms with Crippen molar-refractivity contribution in [3.8, 4) is 11.5 Å². The number of halogens is 2. The Bertz CT molecular complexity index is 378. The molecule has 0 saturated heterocycles. The van der Waals surface area contributed by atoms with Gasteiger partial charge in [0.1, 0.15) is 0 Å². The van der Waals surface area contributed by atoms with Gasteiger partial charge in [0.05, 0.1) is 0 Å². The number of fused-ring (bicyclic) bond motifs is 1. The first kappa shape index (κ1) is 13.7. The first-order valence-electron chi connectivity index (χ1n) is 5.43. The lowest BCUT2D eigenvalue weighted by atomic mass is 10.2. The van der Waals surface area contributed by atoms with E-state index in [0.29, 0.717) is 0 Å². The zero-order valence-electron chi connectivity index (χ0n) is 10.2. The summed E-state index contributed by atoms with van der Waals surface area (Å²) in [4.78, 5) is 0. The molecular weight excluding hydrogens is 228 g/mol. The Hall–Kier alpha value is -1.36. The third-order valence-corrected chi connectivity index (χ3v) is 1.70. The fourth-order valence-electron chi connectivity index (χ4n) is 1.12. The van der Waals surface area contributed by atoms with E-state index in [0.717, 1.165) is 11.5 Å². The molecule has 2 rings (SSSR count). The summed E-state index contributed by atoms with van der Waals surface area (Å²) in [6.07, 6.45) is -3.55. The fraction of sp³-hybridized carbons (Fsp3) is 0.500. The van der Waals surface area contributed by atoms with Crippen LogP contribution in [0.3, 0.4) is 0 Å². The normalized spacial score (nSPS) is 15.5. The summed E-state index contributed by atoms with van der Waals surface area (Å²) < 4.78 is 33.4. The highest BCUT2D eigenvalue weighted by molar-refractivity contribution is 5.45. The Morgan fingerprint density at radius 2 is 1.71 bits per heavy atom. The molecule has 0 saturated carbocycles. The largest absolute Gasteiger partial charge is 0.586 e. The fourth-order valence-corrected chi connectivity index (χ4v) is 1.12. The molecule has 96 valence electrons. The Balaban J connectivity index is 0.000000317. The van der Waals surface area contributed by atoms with Crippen LogP contribution in [-0.4, -0.2) is 6.29 Å². The molecule has 3 nitrogen and oxygen atoms in total. The van der Waals surface area contributed by atoms with E-state index in [-0.39, 0.29) is 18.0 Å². The first-order valence-corrected chi connectivity index (χ1v) is 5.43. The highest BCUT2D eigenvalue weighted by atomic mass is 19.3. The van der Waals surface area contributed by atoms with Crippen molar-refractivity contribution in [2.24, 2.45) is 11.7 Å². The molecule has 0 spiro atoms. The Morgan fingerprint density at radius 3 is 2.24 bits per heavy atom. The summed E-state index contributed by atoms with van der Waals surface area (Å²) in [5, 5.41) is 0. The van der Waals surface area contributed by atoms with Gasteiger partial charge in [0.25, 0.3) is 0 Å². The van der Waals surface area contributed by atoms with Crippen molar-refractivity contribution in [3.63, 3.8) is 0 Å². The van der Waals surface area contributed by atoms with Crippen LogP contribution in [0.4, 0.5) is 8.78 Å². The minimum atomic E-state index is -3.55. The number of ether oxygens (including phenoxy) is 2. The average Bonchev–Trinajstić information content (AvgIpc) is 2.49. The summed E-state index contributed by atoms with van der Waals surface area (Å²) in [6, 6.07) is 4.47. The van der Waals surface area contributed by atoms with Crippen LogP contribution in [-0.2, 0) is 6.54 Å². The van der Waals surface area contributed by atoms with Gasteiger partial charge in [-0.3, -0.25) is 0 Å². The van der Waals surface area contributed by atoms with Gasteiger partial charge in [-0.2, -0.15) is 0 Å². The van der Waals surface area contributed by atoms with Crippen LogP contribution >= 0.6 is 0 Å². The second-order valence-electron chi connectivity index (χ2n) is 4.38.